The van der Waals surface area contributed by atoms with Crippen molar-refractivity contribution in [3.8, 4) is 0 Å². The highest BCUT2D eigenvalue weighted by Gasteiger charge is 2.29. The Hall–Kier alpha value is -2.31. The van der Waals surface area contributed by atoms with Gasteiger partial charge in [0.1, 0.15) is 11.4 Å². The number of nitrogens with one attached hydrogen (secondary N) is 1. The quantitative estimate of drug-likeness (QED) is 0.858. The first-order valence-corrected chi connectivity index (χ1v) is 8.54. The number of rotatable bonds is 1. The fourth-order valence-electron chi connectivity index (χ4n) is 3.35. The molecule has 6 nitrogen and oxygen atoms in total. The highest BCUT2D eigenvalue weighted by molar-refractivity contribution is 5.79. The molecule has 2 aromatic rings. The molecule has 0 radical (unpaired) electrons. The van der Waals surface area contributed by atoms with E-state index in [2.05, 4.69) is 4.98 Å². The summed E-state index contributed by atoms with van der Waals surface area (Å²) in [6, 6.07) is 2.88. The molecule has 0 saturated carbocycles. The number of H-pyrrole nitrogens is 1. The lowest BCUT2D eigenvalue weighted by molar-refractivity contribution is 0.0189. The van der Waals surface area contributed by atoms with Gasteiger partial charge in [0.25, 0.3) is 0 Å². The molecule has 1 aromatic carbocycles. The summed E-state index contributed by atoms with van der Waals surface area (Å²) < 4.78 is 21.0. The summed E-state index contributed by atoms with van der Waals surface area (Å²) >= 11 is 0. The molecular weight excluding hydrogens is 325 g/mol. The van der Waals surface area contributed by atoms with Crippen LogP contribution in [0.25, 0.3) is 11.0 Å². The number of carbonyl (C=O) groups excluding carboxylic acids is 1. The number of halogens is 1. The number of imidazole rings is 1. The van der Waals surface area contributed by atoms with E-state index in [4.69, 9.17) is 4.74 Å². The number of carbonyl (C=O) groups is 1. The molecule has 7 heteroatoms. The zero-order valence-corrected chi connectivity index (χ0v) is 15.1. The van der Waals surface area contributed by atoms with Crippen molar-refractivity contribution in [1.82, 2.24) is 14.5 Å². The molecule has 3 rings (SSSR count). The number of nitrogens with zero attached hydrogens (tertiary/aromatic N) is 2. The standard InChI is InChI=1S/C18H24FN3O3/c1-11-13(19)5-6-14-15(11)22(16(23)20-14)12-7-9-21(10-8-12)17(24)25-18(2,3)4/h5-6,12H,7-10H2,1-4H3,(H,20,23). The van der Waals surface area contributed by atoms with Gasteiger partial charge in [0, 0.05) is 24.7 Å². The largest absolute Gasteiger partial charge is 0.444 e. The molecule has 1 saturated heterocycles. The maximum absolute atomic E-state index is 13.9. The van der Waals surface area contributed by atoms with Gasteiger partial charge < -0.3 is 14.6 Å². The van der Waals surface area contributed by atoms with E-state index in [1.807, 2.05) is 20.8 Å². The van der Waals surface area contributed by atoms with Crippen molar-refractivity contribution in [3.05, 3.63) is 34.0 Å². The summed E-state index contributed by atoms with van der Waals surface area (Å²) in [6.45, 7) is 8.19. The van der Waals surface area contributed by atoms with Crippen LogP contribution < -0.4 is 5.69 Å². The molecule has 0 spiro atoms. The van der Waals surface area contributed by atoms with Gasteiger partial charge >= 0.3 is 11.8 Å². The summed E-state index contributed by atoms with van der Waals surface area (Å²) in [5, 5.41) is 0. The first-order valence-electron chi connectivity index (χ1n) is 8.54. The van der Waals surface area contributed by atoms with Gasteiger partial charge in [0.2, 0.25) is 0 Å². The van der Waals surface area contributed by atoms with E-state index in [9.17, 15) is 14.0 Å². The third-order valence-corrected chi connectivity index (χ3v) is 4.55. The molecular formula is C18H24FN3O3. The van der Waals surface area contributed by atoms with E-state index in [1.54, 1.807) is 22.5 Å². The molecule has 1 aliphatic rings. The SMILES string of the molecule is Cc1c(F)ccc2[nH]c(=O)n(C3CCN(C(=O)OC(C)(C)C)CC3)c12. The minimum Gasteiger partial charge on any atom is -0.444 e. The van der Waals surface area contributed by atoms with Gasteiger partial charge in [0.05, 0.1) is 11.0 Å². The fraction of sp³-hybridized carbons (Fsp3) is 0.556. The zero-order chi connectivity index (χ0) is 18.4. The van der Waals surface area contributed by atoms with Gasteiger partial charge in [-0.15, -0.1) is 0 Å². The lowest BCUT2D eigenvalue weighted by Crippen LogP contribution is -2.43. The summed E-state index contributed by atoms with van der Waals surface area (Å²) in [4.78, 5) is 29.0. The minimum absolute atomic E-state index is 0.0690. The first-order chi connectivity index (χ1) is 11.7. The number of aromatic nitrogens is 2. The van der Waals surface area contributed by atoms with Crippen molar-refractivity contribution in [1.29, 1.82) is 0 Å². The van der Waals surface area contributed by atoms with Crippen molar-refractivity contribution in [2.24, 2.45) is 0 Å². The van der Waals surface area contributed by atoms with Crippen molar-refractivity contribution < 1.29 is 13.9 Å². The number of piperidine rings is 1. The Balaban J connectivity index is 1.81. The highest BCUT2D eigenvalue weighted by atomic mass is 19.1. The fourth-order valence-corrected chi connectivity index (χ4v) is 3.35. The van der Waals surface area contributed by atoms with Crippen LogP contribution in [0.15, 0.2) is 16.9 Å². The molecule has 0 aliphatic carbocycles. The van der Waals surface area contributed by atoms with Crippen LogP contribution in [-0.2, 0) is 4.74 Å². The number of ether oxygens (including phenoxy) is 1. The van der Waals surface area contributed by atoms with Gasteiger partial charge in [-0.05, 0) is 52.7 Å². The Morgan fingerprint density at radius 3 is 2.52 bits per heavy atom. The number of fused-ring (bicyclic) bond motifs is 1. The summed E-state index contributed by atoms with van der Waals surface area (Å²) in [7, 11) is 0. The molecule has 0 atom stereocenters. The molecule has 1 N–H and O–H groups in total. The van der Waals surface area contributed by atoms with Crippen LogP contribution in [0.1, 0.15) is 45.2 Å². The third kappa shape index (κ3) is 3.41. The Morgan fingerprint density at radius 2 is 1.92 bits per heavy atom. The predicted molar refractivity (Wildman–Crippen MR) is 93.3 cm³/mol. The molecule has 1 aliphatic heterocycles. The second kappa shape index (κ2) is 6.20. The van der Waals surface area contributed by atoms with Crippen LogP contribution in [-0.4, -0.2) is 39.2 Å². The first kappa shape index (κ1) is 17.5. The monoisotopic (exact) mass is 349 g/mol. The zero-order valence-electron chi connectivity index (χ0n) is 15.1. The number of likely N-dealkylation sites (tertiary alicyclic amines) is 1. The number of amides is 1. The van der Waals surface area contributed by atoms with E-state index in [0.717, 1.165) is 0 Å². The molecule has 1 aromatic heterocycles. The van der Waals surface area contributed by atoms with Crippen molar-refractivity contribution in [2.45, 2.75) is 52.2 Å². The van der Waals surface area contributed by atoms with Gasteiger partial charge in [-0.1, -0.05) is 0 Å². The van der Waals surface area contributed by atoms with E-state index >= 15 is 0 Å². The van der Waals surface area contributed by atoms with Crippen LogP contribution >= 0.6 is 0 Å². The van der Waals surface area contributed by atoms with Gasteiger partial charge in [-0.2, -0.15) is 0 Å². The number of hydrogen-bond donors (Lipinski definition) is 1. The Kier molecular flexibility index (Phi) is 4.34. The highest BCUT2D eigenvalue weighted by Crippen LogP contribution is 2.28. The normalized spacial score (nSPS) is 16.4. The molecule has 0 unspecified atom stereocenters. The van der Waals surface area contributed by atoms with Gasteiger partial charge in [-0.25, -0.2) is 14.0 Å². The molecule has 136 valence electrons. The number of benzene rings is 1. The van der Waals surface area contributed by atoms with Gasteiger partial charge in [-0.3, -0.25) is 4.57 Å². The molecule has 1 fully saturated rings. The van der Waals surface area contributed by atoms with Crippen LogP contribution in [0.3, 0.4) is 0 Å². The summed E-state index contributed by atoms with van der Waals surface area (Å²) in [5.74, 6) is -0.327. The lowest BCUT2D eigenvalue weighted by atomic mass is 10.0. The number of aromatic amines is 1. The maximum Gasteiger partial charge on any atom is 0.410 e. The Morgan fingerprint density at radius 1 is 1.28 bits per heavy atom. The Labute approximate surface area is 145 Å². The van der Waals surface area contributed by atoms with Crippen molar-refractivity contribution >= 4 is 17.1 Å². The van der Waals surface area contributed by atoms with Crippen LogP contribution in [0, 0.1) is 12.7 Å². The average Bonchev–Trinajstić information content (AvgIpc) is 2.86. The van der Waals surface area contributed by atoms with Crippen LogP contribution in [0.2, 0.25) is 0 Å². The van der Waals surface area contributed by atoms with Gasteiger partial charge in [0.15, 0.2) is 0 Å². The predicted octanol–water partition coefficient (Wildman–Crippen LogP) is 3.35. The number of hydrogen-bond acceptors (Lipinski definition) is 3. The van der Waals surface area contributed by atoms with Crippen LogP contribution in [0.4, 0.5) is 9.18 Å². The maximum atomic E-state index is 13.9. The minimum atomic E-state index is -0.531. The lowest BCUT2D eigenvalue weighted by Gasteiger charge is -2.34. The van der Waals surface area contributed by atoms with E-state index < -0.39 is 5.60 Å². The number of aryl methyl sites for hydroxylation is 1. The van der Waals surface area contributed by atoms with E-state index in [-0.39, 0.29) is 23.6 Å². The second-order valence-electron chi connectivity index (χ2n) is 7.57. The molecule has 2 heterocycles. The molecule has 1 amide bonds. The summed E-state index contributed by atoms with van der Waals surface area (Å²) in [5.41, 5.74) is 0.945. The average molecular weight is 349 g/mol. The third-order valence-electron chi connectivity index (χ3n) is 4.55. The van der Waals surface area contributed by atoms with Crippen molar-refractivity contribution in [3.63, 3.8) is 0 Å². The topological polar surface area (TPSA) is 67.3 Å². The smallest absolute Gasteiger partial charge is 0.410 e. The second-order valence-corrected chi connectivity index (χ2v) is 7.57. The molecule has 0 bridgehead atoms. The van der Waals surface area contributed by atoms with Crippen LogP contribution in [0.5, 0.6) is 0 Å². The summed E-state index contributed by atoms with van der Waals surface area (Å²) in [6.07, 6.45) is 0.920. The van der Waals surface area contributed by atoms with Crippen molar-refractivity contribution in [2.75, 3.05) is 13.1 Å². The Bertz CT molecular complexity index is 855. The van der Waals surface area contributed by atoms with E-state index in [1.165, 1.54) is 6.07 Å². The molecule has 25 heavy (non-hydrogen) atoms. The van der Waals surface area contributed by atoms with E-state index in [0.29, 0.717) is 42.5 Å².